The predicted molar refractivity (Wildman–Crippen MR) is 122 cm³/mol. The summed E-state index contributed by atoms with van der Waals surface area (Å²) >= 11 is 0. The highest BCUT2D eigenvalue weighted by Gasteiger charge is 2.27. The first kappa shape index (κ1) is 19.8. The second-order valence-corrected chi connectivity index (χ2v) is 8.46. The van der Waals surface area contributed by atoms with Gasteiger partial charge in [0.2, 0.25) is 5.88 Å². The standard InChI is InChI=1S/C24H24N7O2/c1-16-21(28-31-9-3-4-20(32-2)22(16)31)19-12-18-7-8-25-24(23(18)30(19)13-17-5-6-17)33-11-10-29-14-26-27-15-29/h4,7-9,12,14-15,17H,5-6,10-11,13H2,1-2H3. The number of nitrogens with zero attached hydrogens (tertiary/aromatic N) is 7. The van der Waals surface area contributed by atoms with Crippen LogP contribution >= 0.6 is 0 Å². The van der Waals surface area contributed by atoms with E-state index in [9.17, 15) is 0 Å². The molecule has 5 aromatic heterocycles. The van der Waals surface area contributed by atoms with Gasteiger partial charge in [-0.1, -0.05) is 0 Å². The smallest absolute Gasteiger partial charge is 0.238 e. The van der Waals surface area contributed by atoms with Crippen LogP contribution < -0.4 is 9.47 Å². The highest BCUT2D eigenvalue weighted by atomic mass is 16.5. The first-order valence-electron chi connectivity index (χ1n) is 11.1. The summed E-state index contributed by atoms with van der Waals surface area (Å²) in [7, 11) is 1.68. The number of ether oxygens (including phenoxy) is 2. The van der Waals surface area contributed by atoms with Crippen LogP contribution in [0.3, 0.4) is 0 Å². The fourth-order valence-electron chi connectivity index (χ4n) is 4.38. The summed E-state index contributed by atoms with van der Waals surface area (Å²) in [6.45, 7) is 4.15. The first-order chi connectivity index (χ1) is 16.2. The lowest BCUT2D eigenvalue weighted by Crippen LogP contribution is -2.09. The van der Waals surface area contributed by atoms with Crippen LogP contribution in [0.1, 0.15) is 18.4 Å². The van der Waals surface area contributed by atoms with E-state index in [1.54, 1.807) is 26.0 Å². The summed E-state index contributed by atoms with van der Waals surface area (Å²) in [5, 5.41) is 13.7. The Morgan fingerprint density at radius 2 is 2.03 bits per heavy atom. The third kappa shape index (κ3) is 3.49. The molecule has 167 valence electrons. The molecular weight excluding hydrogens is 418 g/mol. The van der Waals surface area contributed by atoms with E-state index >= 15 is 0 Å². The van der Waals surface area contributed by atoms with E-state index in [0.717, 1.165) is 45.7 Å². The van der Waals surface area contributed by atoms with Crippen LogP contribution in [0, 0.1) is 18.9 Å². The number of hydrogen-bond donors (Lipinski definition) is 0. The maximum atomic E-state index is 6.15. The molecule has 0 amide bonds. The Labute approximate surface area is 190 Å². The van der Waals surface area contributed by atoms with Crippen molar-refractivity contribution < 1.29 is 9.47 Å². The van der Waals surface area contributed by atoms with Gasteiger partial charge in [-0.05, 0) is 43.9 Å². The van der Waals surface area contributed by atoms with Gasteiger partial charge in [0.1, 0.15) is 41.7 Å². The minimum Gasteiger partial charge on any atom is -0.494 e. The summed E-state index contributed by atoms with van der Waals surface area (Å²) in [4.78, 5) is 4.58. The summed E-state index contributed by atoms with van der Waals surface area (Å²) in [5.74, 6) is 2.07. The fraction of sp³-hybridized carbons (Fsp3) is 0.333. The fourth-order valence-corrected chi connectivity index (χ4v) is 4.38. The van der Waals surface area contributed by atoms with Gasteiger partial charge in [-0.2, -0.15) is 5.10 Å². The Balaban J connectivity index is 1.46. The maximum absolute atomic E-state index is 6.15. The Hall–Kier alpha value is -3.88. The number of aryl methyl sites for hydroxylation is 1. The van der Waals surface area contributed by atoms with E-state index in [-0.39, 0.29) is 0 Å². The summed E-state index contributed by atoms with van der Waals surface area (Å²) in [6, 6.07) is 9.18. The van der Waals surface area contributed by atoms with E-state index in [1.807, 2.05) is 27.4 Å². The molecule has 9 nitrogen and oxygen atoms in total. The lowest BCUT2D eigenvalue weighted by Gasteiger charge is -2.12. The molecule has 1 aliphatic carbocycles. The molecule has 5 aromatic rings. The molecule has 0 atom stereocenters. The summed E-state index contributed by atoms with van der Waals surface area (Å²) in [6.07, 6.45) is 9.50. The first-order valence-corrected chi connectivity index (χ1v) is 11.1. The van der Waals surface area contributed by atoms with E-state index in [1.165, 1.54) is 12.8 Å². The monoisotopic (exact) mass is 442 g/mol. The summed E-state index contributed by atoms with van der Waals surface area (Å²) in [5.41, 5.74) is 5.04. The molecule has 0 bridgehead atoms. The molecule has 6 rings (SSSR count). The molecule has 1 aliphatic rings. The van der Waals surface area contributed by atoms with Gasteiger partial charge in [0.25, 0.3) is 0 Å². The largest absolute Gasteiger partial charge is 0.494 e. The molecule has 0 saturated heterocycles. The zero-order valence-corrected chi connectivity index (χ0v) is 18.6. The van der Waals surface area contributed by atoms with Crippen molar-refractivity contribution >= 4 is 16.4 Å². The van der Waals surface area contributed by atoms with Gasteiger partial charge in [-0.3, -0.25) is 0 Å². The minimum atomic E-state index is 0.481. The van der Waals surface area contributed by atoms with E-state index < -0.39 is 0 Å². The highest BCUT2D eigenvalue weighted by Crippen LogP contribution is 2.39. The van der Waals surface area contributed by atoms with Crippen molar-refractivity contribution in [3.8, 4) is 23.0 Å². The molecule has 1 radical (unpaired) electrons. The Kier molecular flexibility index (Phi) is 4.74. The normalized spacial score (nSPS) is 13.8. The molecule has 0 spiro atoms. The minimum absolute atomic E-state index is 0.481. The summed E-state index contributed by atoms with van der Waals surface area (Å²) < 4.78 is 17.8. The van der Waals surface area contributed by atoms with Crippen molar-refractivity contribution in [3.05, 3.63) is 54.9 Å². The lowest BCUT2D eigenvalue weighted by atomic mass is 10.1. The van der Waals surface area contributed by atoms with E-state index in [4.69, 9.17) is 14.6 Å². The van der Waals surface area contributed by atoms with Crippen molar-refractivity contribution in [2.24, 2.45) is 5.92 Å². The van der Waals surface area contributed by atoms with Crippen molar-refractivity contribution in [2.75, 3.05) is 13.7 Å². The van der Waals surface area contributed by atoms with Crippen LogP contribution in [0.2, 0.25) is 0 Å². The van der Waals surface area contributed by atoms with Gasteiger partial charge in [0, 0.05) is 36.0 Å². The molecule has 0 N–H and O–H groups in total. The van der Waals surface area contributed by atoms with Crippen molar-refractivity contribution in [3.63, 3.8) is 0 Å². The average Bonchev–Trinajstić information content (AvgIpc) is 3.20. The van der Waals surface area contributed by atoms with Gasteiger partial charge in [0.05, 0.1) is 19.3 Å². The third-order valence-electron chi connectivity index (χ3n) is 6.22. The third-order valence-corrected chi connectivity index (χ3v) is 6.22. The van der Waals surface area contributed by atoms with Gasteiger partial charge in [-0.15, -0.1) is 10.2 Å². The molecular formula is C24H24N7O2. The number of fused-ring (bicyclic) bond motifs is 2. The van der Waals surface area contributed by atoms with Crippen LogP contribution in [0.25, 0.3) is 27.8 Å². The maximum Gasteiger partial charge on any atom is 0.238 e. The molecule has 0 unspecified atom stereocenters. The number of aromatic nitrogens is 7. The topological polar surface area (TPSA) is 84.3 Å². The quantitative estimate of drug-likeness (QED) is 0.365. The Morgan fingerprint density at radius 1 is 1.18 bits per heavy atom. The zero-order valence-electron chi connectivity index (χ0n) is 18.6. The van der Waals surface area contributed by atoms with E-state index in [0.29, 0.717) is 24.9 Å². The Morgan fingerprint density at radius 3 is 2.82 bits per heavy atom. The second-order valence-electron chi connectivity index (χ2n) is 8.46. The molecule has 1 fully saturated rings. The zero-order chi connectivity index (χ0) is 22.4. The van der Waals surface area contributed by atoms with Crippen molar-refractivity contribution in [2.45, 2.75) is 32.9 Å². The molecule has 1 saturated carbocycles. The molecule has 0 aliphatic heterocycles. The number of pyridine rings is 2. The average molecular weight is 443 g/mol. The van der Waals surface area contributed by atoms with Crippen LogP contribution in [-0.4, -0.2) is 47.6 Å². The van der Waals surface area contributed by atoms with Crippen LogP contribution in [0.4, 0.5) is 0 Å². The van der Waals surface area contributed by atoms with Crippen molar-refractivity contribution in [1.29, 1.82) is 0 Å². The molecule has 0 aromatic carbocycles. The van der Waals surface area contributed by atoms with Crippen LogP contribution in [-0.2, 0) is 13.1 Å². The second kappa shape index (κ2) is 7.91. The number of hydrogen-bond acceptors (Lipinski definition) is 6. The van der Waals surface area contributed by atoms with Gasteiger partial charge < -0.3 is 18.6 Å². The Bertz CT molecular complexity index is 1430. The highest BCUT2D eigenvalue weighted by molar-refractivity contribution is 5.91. The lowest BCUT2D eigenvalue weighted by molar-refractivity contribution is 0.289. The number of rotatable bonds is 8. The van der Waals surface area contributed by atoms with E-state index in [2.05, 4.69) is 38.8 Å². The van der Waals surface area contributed by atoms with Crippen molar-refractivity contribution in [1.82, 2.24) is 33.9 Å². The van der Waals surface area contributed by atoms with Gasteiger partial charge in [-0.25, -0.2) is 9.50 Å². The number of methoxy groups -OCH3 is 1. The molecule has 9 heteroatoms. The SMILES string of the molecule is COc1c[c]cn2nc(-c3cc4ccnc(OCCn5cnnc5)c4n3CC3CC3)c(C)c12. The van der Waals surface area contributed by atoms with Crippen LogP contribution in [0.5, 0.6) is 11.6 Å². The van der Waals surface area contributed by atoms with Gasteiger partial charge in [0.15, 0.2) is 0 Å². The predicted octanol–water partition coefficient (Wildman–Crippen LogP) is 3.55. The molecule has 33 heavy (non-hydrogen) atoms. The van der Waals surface area contributed by atoms with Crippen LogP contribution in [0.15, 0.2) is 43.2 Å². The molecule has 5 heterocycles. The van der Waals surface area contributed by atoms with Gasteiger partial charge >= 0.3 is 0 Å².